The highest BCUT2D eigenvalue weighted by Crippen LogP contribution is 2.17. The topological polar surface area (TPSA) is 102 Å². The average molecular weight is 550 g/mol. The summed E-state index contributed by atoms with van der Waals surface area (Å²) in [6.45, 7) is 9.60. The molecular formula is C27H51NO6S2. The van der Waals surface area contributed by atoms with E-state index in [1.54, 1.807) is 0 Å². The van der Waals surface area contributed by atoms with Gasteiger partial charge in [0.25, 0.3) is 10.1 Å². The van der Waals surface area contributed by atoms with Gasteiger partial charge in [-0.3, -0.25) is 9.35 Å². The first-order valence-electron chi connectivity index (χ1n) is 13.6. The number of amides is 1. The predicted octanol–water partition coefficient (Wildman–Crippen LogP) is 7.35. The first-order valence-corrected chi connectivity index (χ1v) is 16.2. The minimum Gasteiger partial charge on any atom is -0.350 e. The molecule has 0 heterocycles. The lowest BCUT2D eigenvalue weighted by atomic mass is 10.1. The molecule has 0 aliphatic carbocycles. The summed E-state index contributed by atoms with van der Waals surface area (Å²) in [5.74, 6) is -0.433. The molecule has 0 aliphatic rings. The third-order valence-electron chi connectivity index (χ3n) is 5.50. The number of hydrogen-bond donors (Lipinski definition) is 2. The van der Waals surface area contributed by atoms with Gasteiger partial charge in [0.1, 0.15) is 0 Å². The second kappa shape index (κ2) is 22.0. The molecule has 9 heteroatoms. The SMILES string of the molecule is C=C(OOCCCCCCCCC=CCCCCCCCC)SCCC(=O)NC(C)(C)CS(=O)(=O)O. The highest BCUT2D eigenvalue weighted by molar-refractivity contribution is 8.02. The predicted molar refractivity (Wildman–Crippen MR) is 151 cm³/mol. The van der Waals surface area contributed by atoms with Crippen LogP contribution in [0.15, 0.2) is 23.8 Å². The van der Waals surface area contributed by atoms with E-state index in [2.05, 4.69) is 31.0 Å². The molecule has 7 nitrogen and oxygen atoms in total. The van der Waals surface area contributed by atoms with E-state index in [4.69, 9.17) is 14.3 Å². The van der Waals surface area contributed by atoms with Crippen LogP contribution in [0, 0.1) is 0 Å². The molecule has 0 aromatic rings. The Hall–Kier alpha value is -1.03. The van der Waals surface area contributed by atoms with E-state index in [9.17, 15) is 13.2 Å². The van der Waals surface area contributed by atoms with E-state index < -0.39 is 21.4 Å². The minimum atomic E-state index is -4.17. The lowest BCUT2D eigenvalue weighted by molar-refractivity contribution is -0.253. The number of carbonyl (C=O) groups is 1. The summed E-state index contributed by atoms with van der Waals surface area (Å²) in [5, 5.41) is 2.97. The van der Waals surface area contributed by atoms with Gasteiger partial charge in [0.05, 0.1) is 17.9 Å². The fourth-order valence-corrected chi connectivity index (χ4v) is 5.33. The molecule has 0 atom stereocenters. The van der Waals surface area contributed by atoms with Crippen LogP contribution >= 0.6 is 11.8 Å². The third kappa shape index (κ3) is 26.0. The summed E-state index contributed by atoms with van der Waals surface area (Å²) in [6, 6.07) is 0. The molecular weight excluding hydrogens is 498 g/mol. The van der Waals surface area contributed by atoms with E-state index in [1.165, 1.54) is 103 Å². The molecule has 0 saturated heterocycles. The van der Waals surface area contributed by atoms with Gasteiger partial charge in [-0.2, -0.15) is 13.3 Å². The maximum Gasteiger partial charge on any atom is 0.267 e. The Morgan fingerprint density at radius 1 is 0.944 bits per heavy atom. The van der Waals surface area contributed by atoms with Crippen molar-refractivity contribution in [1.29, 1.82) is 0 Å². The summed E-state index contributed by atoms with van der Waals surface area (Å²) < 4.78 is 30.9. The number of carbonyl (C=O) groups excluding carboxylic acids is 1. The quantitative estimate of drug-likeness (QED) is 0.0306. The zero-order chi connectivity index (χ0) is 27.1. The standard InChI is InChI=1S/C27H51NO6S2/c1-5-6-7-8-9-10-11-12-13-14-15-16-17-18-19-20-22-33-34-25(2)35-23-21-26(29)28-27(3,4)24-36(30,31)32/h12-13H,2,5-11,14-24H2,1,3-4H3,(H,28,29)(H,30,31,32). The van der Waals surface area contributed by atoms with Crippen LogP contribution in [0.25, 0.3) is 0 Å². The summed E-state index contributed by atoms with van der Waals surface area (Å²) in [6.07, 6.45) is 22.5. The Balaban J connectivity index is 3.49. The van der Waals surface area contributed by atoms with Crippen LogP contribution in [0.1, 0.15) is 117 Å². The Labute approximate surface area is 224 Å². The first kappa shape index (κ1) is 35.0. The van der Waals surface area contributed by atoms with Crippen molar-refractivity contribution in [2.75, 3.05) is 18.1 Å². The van der Waals surface area contributed by atoms with Gasteiger partial charge in [-0.25, -0.2) is 0 Å². The maximum absolute atomic E-state index is 12.0. The zero-order valence-electron chi connectivity index (χ0n) is 22.9. The minimum absolute atomic E-state index is 0.164. The van der Waals surface area contributed by atoms with E-state index in [1.807, 2.05) is 0 Å². The smallest absolute Gasteiger partial charge is 0.267 e. The third-order valence-corrected chi connectivity index (χ3v) is 7.39. The first-order chi connectivity index (χ1) is 17.1. The second-order valence-corrected chi connectivity index (χ2v) is 12.6. The lowest BCUT2D eigenvalue weighted by Crippen LogP contribution is -2.48. The van der Waals surface area contributed by atoms with Crippen molar-refractivity contribution in [2.24, 2.45) is 0 Å². The highest BCUT2D eigenvalue weighted by Gasteiger charge is 2.26. The second-order valence-electron chi connectivity index (χ2n) is 9.97. The van der Waals surface area contributed by atoms with Crippen molar-refractivity contribution in [1.82, 2.24) is 5.32 Å². The number of rotatable bonds is 25. The number of unbranched alkanes of at least 4 members (excludes halogenated alkanes) is 12. The largest absolute Gasteiger partial charge is 0.350 e. The van der Waals surface area contributed by atoms with E-state index in [0.29, 0.717) is 17.5 Å². The fraction of sp³-hybridized carbons (Fsp3) is 0.815. The van der Waals surface area contributed by atoms with Crippen LogP contribution in [0.3, 0.4) is 0 Å². The van der Waals surface area contributed by atoms with Gasteiger partial charge in [0, 0.05) is 12.2 Å². The van der Waals surface area contributed by atoms with Crippen LogP contribution in [-0.4, -0.2) is 42.5 Å². The molecule has 0 unspecified atom stereocenters. The molecule has 1 amide bonds. The van der Waals surface area contributed by atoms with Crippen LogP contribution in [-0.2, 0) is 24.7 Å². The molecule has 0 aliphatic heterocycles. The Kier molecular flexibility index (Phi) is 21.4. The van der Waals surface area contributed by atoms with Crippen molar-refractivity contribution in [3.05, 3.63) is 23.8 Å². The van der Waals surface area contributed by atoms with Crippen LogP contribution in [0.2, 0.25) is 0 Å². The summed E-state index contributed by atoms with van der Waals surface area (Å²) in [5.41, 5.74) is -1.05. The van der Waals surface area contributed by atoms with Gasteiger partial charge in [-0.05, 0) is 52.5 Å². The fourth-order valence-electron chi connectivity index (χ4n) is 3.73. The van der Waals surface area contributed by atoms with Gasteiger partial charge in [0.2, 0.25) is 5.91 Å². The van der Waals surface area contributed by atoms with Crippen LogP contribution in [0.5, 0.6) is 0 Å². The van der Waals surface area contributed by atoms with Crippen molar-refractivity contribution >= 4 is 27.8 Å². The van der Waals surface area contributed by atoms with Gasteiger partial charge < -0.3 is 10.2 Å². The number of nitrogens with one attached hydrogen (secondary N) is 1. The molecule has 0 fully saturated rings. The monoisotopic (exact) mass is 549 g/mol. The van der Waals surface area contributed by atoms with E-state index >= 15 is 0 Å². The zero-order valence-corrected chi connectivity index (χ0v) is 24.5. The van der Waals surface area contributed by atoms with E-state index in [-0.39, 0.29) is 12.3 Å². The molecule has 0 aromatic heterocycles. The molecule has 212 valence electrons. The number of allylic oxidation sites excluding steroid dienone is 2. The maximum atomic E-state index is 12.0. The number of thioether (sulfide) groups is 1. The summed E-state index contributed by atoms with van der Waals surface area (Å²) >= 11 is 1.26. The Morgan fingerprint density at radius 2 is 1.47 bits per heavy atom. The Morgan fingerprint density at radius 3 is 2.03 bits per heavy atom. The molecule has 36 heavy (non-hydrogen) atoms. The molecule has 2 N–H and O–H groups in total. The molecule has 0 spiro atoms. The molecule has 0 rings (SSSR count). The summed E-state index contributed by atoms with van der Waals surface area (Å²) in [7, 11) is -4.17. The van der Waals surface area contributed by atoms with Gasteiger partial charge in [-0.15, -0.1) is 0 Å². The summed E-state index contributed by atoms with van der Waals surface area (Å²) in [4.78, 5) is 22.3. The molecule has 0 aromatic carbocycles. The Bertz CT molecular complexity index is 707. The van der Waals surface area contributed by atoms with Gasteiger partial charge in [0.15, 0.2) is 5.09 Å². The van der Waals surface area contributed by atoms with Crippen molar-refractivity contribution in [3.63, 3.8) is 0 Å². The van der Waals surface area contributed by atoms with Gasteiger partial charge in [-0.1, -0.05) is 88.6 Å². The average Bonchev–Trinajstić information content (AvgIpc) is 2.76. The van der Waals surface area contributed by atoms with Crippen LogP contribution in [0.4, 0.5) is 0 Å². The van der Waals surface area contributed by atoms with E-state index in [0.717, 1.165) is 12.8 Å². The highest BCUT2D eigenvalue weighted by atomic mass is 32.2. The normalized spacial score (nSPS) is 12.2. The molecule has 0 radical (unpaired) electrons. The number of hydrogen-bond acceptors (Lipinski definition) is 6. The molecule has 0 saturated carbocycles. The van der Waals surface area contributed by atoms with Crippen molar-refractivity contribution in [3.8, 4) is 0 Å². The molecule has 0 bridgehead atoms. The van der Waals surface area contributed by atoms with Crippen LogP contribution < -0.4 is 5.32 Å². The van der Waals surface area contributed by atoms with Gasteiger partial charge >= 0.3 is 0 Å². The lowest BCUT2D eigenvalue weighted by Gasteiger charge is -2.24. The van der Waals surface area contributed by atoms with Crippen molar-refractivity contribution in [2.45, 2.75) is 123 Å². The van der Waals surface area contributed by atoms with Crippen molar-refractivity contribution < 1.29 is 27.5 Å².